The van der Waals surface area contributed by atoms with Gasteiger partial charge < -0.3 is 24.7 Å². The molecule has 204 valence electrons. The Hall–Kier alpha value is -4.38. The lowest BCUT2D eigenvalue weighted by Crippen LogP contribution is -2.42. The molecule has 0 bridgehead atoms. The predicted octanol–water partition coefficient (Wildman–Crippen LogP) is 5.88. The van der Waals surface area contributed by atoms with Crippen molar-refractivity contribution in [2.45, 2.75) is 52.7 Å². The van der Waals surface area contributed by atoms with Gasteiger partial charge in [-0.25, -0.2) is 4.79 Å². The summed E-state index contributed by atoms with van der Waals surface area (Å²) in [7, 11) is 0. The van der Waals surface area contributed by atoms with E-state index in [0.29, 0.717) is 17.3 Å². The SMILES string of the molecule is CCOC(=O)N1CC2=C(OC(N)=C(C#N)C2c2ccccc2OC(C)C)/C(=C/c2ccccc2OC(C)C)C1. The minimum absolute atomic E-state index is 0.0220. The number of carbonyl (C=O) groups excluding carboxylic acids is 1. The second kappa shape index (κ2) is 12.0. The van der Waals surface area contributed by atoms with Gasteiger partial charge in [-0.3, -0.25) is 4.90 Å². The van der Waals surface area contributed by atoms with Crippen molar-refractivity contribution in [3.63, 3.8) is 0 Å². The van der Waals surface area contributed by atoms with Crippen LogP contribution >= 0.6 is 0 Å². The van der Waals surface area contributed by atoms with Gasteiger partial charge in [0.15, 0.2) is 0 Å². The molecule has 2 aromatic rings. The van der Waals surface area contributed by atoms with Crippen molar-refractivity contribution in [2.24, 2.45) is 5.73 Å². The van der Waals surface area contributed by atoms with Gasteiger partial charge in [-0.05, 0) is 52.8 Å². The Labute approximate surface area is 229 Å². The van der Waals surface area contributed by atoms with Gasteiger partial charge in [-0.15, -0.1) is 0 Å². The number of hydrogen-bond donors (Lipinski definition) is 1. The standard InChI is InChI=1S/C31H35N3O5/c1-6-36-31(35)34-17-22(15-21-11-7-9-13-26(21)37-19(2)3)29-25(18-34)28(24(16-32)30(33)39-29)23-12-8-10-14-27(23)38-20(4)5/h7-15,19-20,28H,6,17-18,33H2,1-5H3/b22-15+. The molecule has 39 heavy (non-hydrogen) atoms. The maximum atomic E-state index is 13.0. The quantitative estimate of drug-likeness (QED) is 0.477. The van der Waals surface area contributed by atoms with Gasteiger partial charge in [0.05, 0.1) is 37.8 Å². The summed E-state index contributed by atoms with van der Waals surface area (Å²) in [6.45, 7) is 10.3. The van der Waals surface area contributed by atoms with Crippen LogP contribution in [0.3, 0.4) is 0 Å². The number of nitriles is 1. The fourth-order valence-electron chi connectivity index (χ4n) is 4.80. The van der Waals surface area contributed by atoms with Crippen molar-refractivity contribution in [2.75, 3.05) is 19.7 Å². The van der Waals surface area contributed by atoms with Gasteiger partial charge in [0.1, 0.15) is 28.9 Å². The number of allylic oxidation sites excluding steroid dienone is 1. The van der Waals surface area contributed by atoms with Crippen molar-refractivity contribution in [3.05, 3.63) is 88.0 Å². The van der Waals surface area contributed by atoms with E-state index in [2.05, 4.69) is 6.07 Å². The van der Waals surface area contributed by atoms with E-state index in [1.165, 1.54) is 0 Å². The molecule has 0 spiro atoms. The molecule has 0 radical (unpaired) electrons. The van der Waals surface area contributed by atoms with E-state index in [1.54, 1.807) is 11.8 Å². The number of carbonyl (C=O) groups is 1. The Morgan fingerprint density at radius 3 is 2.38 bits per heavy atom. The largest absolute Gasteiger partial charge is 0.491 e. The van der Waals surface area contributed by atoms with Crippen LogP contribution < -0.4 is 15.2 Å². The average molecular weight is 530 g/mol. The molecule has 1 atom stereocenters. The highest BCUT2D eigenvalue weighted by Crippen LogP contribution is 2.46. The predicted molar refractivity (Wildman–Crippen MR) is 149 cm³/mol. The van der Waals surface area contributed by atoms with E-state index in [4.69, 9.17) is 24.7 Å². The van der Waals surface area contributed by atoms with E-state index in [1.807, 2.05) is 82.3 Å². The molecular formula is C31H35N3O5. The molecule has 2 heterocycles. The molecule has 0 aliphatic carbocycles. The first-order chi connectivity index (χ1) is 18.7. The summed E-state index contributed by atoms with van der Waals surface area (Å²) >= 11 is 0. The molecule has 1 unspecified atom stereocenters. The van der Waals surface area contributed by atoms with Gasteiger partial charge in [-0.2, -0.15) is 5.26 Å². The van der Waals surface area contributed by atoms with Crippen LogP contribution in [0.4, 0.5) is 4.79 Å². The summed E-state index contributed by atoms with van der Waals surface area (Å²) in [6.07, 6.45) is 1.39. The van der Waals surface area contributed by atoms with Crippen LogP contribution in [0.5, 0.6) is 11.5 Å². The highest BCUT2D eigenvalue weighted by atomic mass is 16.6. The van der Waals surface area contributed by atoms with Crippen LogP contribution in [0.15, 0.2) is 76.9 Å². The summed E-state index contributed by atoms with van der Waals surface area (Å²) < 4.78 is 23.7. The molecule has 0 fully saturated rings. The molecule has 1 amide bonds. The average Bonchev–Trinajstić information content (AvgIpc) is 2.89. The van der Waals surface area contributed by atoms with Gasteiger partial charge in [0.2, 0.25) is 5.88 Å². The second-order valence-electron chi connectivity index (χ2n) is 9.91. The van der Waals surface area contributed by atoms with Crippen LogP contribution in [-0.2, 0) is 9.47 Å². The van der Waals surface area contributed by atoms with Gasteiger partial charge >= 0.3 is 6.09 Å². The molecule has 2 N–H and O–H groups in total. The van der Waals surface area contributed by atoms with Crippen molar-refractivity contribution in [3.8, 4) is 17.6 Å². The third kappa shape index (κ3) is 6.04. The molecule has 8 nitrogen and oxygen atoms in total. The van der Waals surface area contributed by atoms with E-state index >= 15 is 0 Å². The second-order valence-corrected chi connectivity index (χ2v) is 9.91. The molecule has 2 aromatic carbocycles. The summed E-state index contributed by atoms with van der Waals surface area (Å²) in [5.41, 5.74) is 9.69. The van der Waals surface area contributed by atoms with Crippen molar-refractivity contribution in [1.29, 1.82) is 5.26 Å². The zero-order valence-electron chi connectivity index (χ0n) is 23.1. The molecule has 2 aliphatic heterocycles. The van der Waals surface area contributed by atoms with Crippen LogP contribution in [-0.4, -0.2) is 42.9 Å². The van der Waals surface area contributed by atoms with Crippen molar-refractivity contribution < 1.29 is 23.7 Å². The maximum Gasteiger partial charge on any atom is 0.410 e. The highest BCUT2D eigenvalue weighted by Gasteiger charge is 2.40. The minimum Gasteiger partial charge on any atom is -0.491 e. The minimum atomic E-state index is -0.573. The Bertz CT molecular complexity index is 1370. The Kier molecular flexibility index (Phi) is 8.50. The fraction of sp³-hybridized carbons (Fsp3) is 0.355. The van der Waals surface area contributed by atoms with E-state index < -0.39 is 12.0 Å². The van der Waals surface area contributed by atoms with Crippen LogP contribution in [0, 0.1) is 11.3 Å². The first kappa shape index (κ1) is 27.6. The third-order valence-electron chi connectivity index (χ3n) is 6.27. The lowest BCUT2D eigenvalue weighted by molar-refractivity contribution is 0.109. The molecule has 2 aliphatic rings. The Balaban J connectivity index is 1.92. The van der Waals surface area contributed by atoms with Gasteiger partial charge in [0.25, 0.3) is 0 Å². The van der Waals surface area contributed by atoms with E-state index in [0.717, 1.165) is 22.3 Å². The van der Waals surface area contributed by atoms with Gasteiger partial charge in [0, 0.05) is 22.3 Å². The number of hydrogen-bond acceptors (Lipinski definition) is 7. The summed E-state index contributed by atoms with van der Waals surface area (Å²) in [5.74, 6) is 1.34. The normalized spacial score (nSPS) is 18.2. The number of para-hydroxylation sites is 2. The summed E-state index contributed by atoms with van der Waals surface area (Å²) in [5, 5.41) is 10.2. The molecule has 0 aromatic heterocycles. The lowest BCUT2D eigenvalue weighted by atomic mass is 9.80. The number of amides is 1. The number of rotatable bonds is 7. The highest BCUT2D eigenvalue weighted by molar-refractivity contribution is 5.73. The topological polar surface area (TPSA) is 107 Å². The van der Waals surface area contributed by atoms with Crippen LogP contribution in [0.25, 0.3) is 6.08 Å². The van der Waals surface area contributed by atoms with Crippen molar-refractivity contribution in [1.82, 2.24) is 4.90 Å². The first-order valence-corrected chi connectivity index (χ1v) is 13.2. The van der Waals surface area contributed by atoms with Gasteiger partial charge in [-0.1, -0.05) is 36.4 Å². The zero-order chi connectivity index (χ0) is 28.1. The molecule has 0 saturated heterocycles. The smallest absolute Gasteiger partial charge is 0.410 e. The monoisotopic (exact) mass is 529 g/mol. The number of ether oxygens (including phenoxy) is 4. The Morgan fingerprint density at radius 1 is 1.08 bits per heavy atom. The van der Waals surface area contributed by atoms with Crippen molar-refractivity contribution >= 4 is 12.2 Å². The molecule has 0 saturated carbocycles. The number of nitrogens with two attached hydrogens (primary N) is 1. The summed E-state index contributed by atoms with van der Waals surface area (Å²) in [4.78, 5) is 14.6. The molecule has 8 heteroatoms. The molecule has 4 rings (SSSR count). The van der Waals surface area contributed by atoms with E-state index in [9.17, 15) is 10.1 Å². The number of nitrogens with zero attached hydrogens (tertiary/aromatic N) is 2. The number of benzene rings is 2. The fourth-order valence-corrected chi connectivity index (χ4v) is 4.80. The lowest BCUT2D eigenvalue weighted by Gasteiger charge is -2.38. The maximum absolute atomic E-state index is 13.0. The van der Waals surface area contributed by atoms with E-state index in [-0.39, 0.29) is 43.4 Å². The third-order valence-corrected chi connectivity index (χ3v) is 6.27. The van der Waals surface area contributed by atoms with Crippen LogP contribution in [0.1, 0.15) is 51.7 Å². The zero-order valence-corrected chi connectivity index (χ0v) is 23.1. The summed E-state index contributed by atoms with van der Waals surface area (Å²) in [6, 6.07) is 17.5. The molecular weight excluding hydrogens is 494 g/mol. The van der Waals surface area contributed by atoms with Crippen LogP contribution in [0.2, 0.25) is 0 Å². The Morgan fingerprint density at radius 2 is 1.72 bits per heavy atom. The first-order valence-electron chi connectivity index (χ1n) is 13.2.